The first-order valence-electron chi connectivity index (χ1n) is 6.17. The molecule has 0 radical (unpaired) electrons. The summed E-state index contributed by atoms with van der Waals surface area (Å²) in [6.45, 7) is 2.02. The van der Waals surface area contributed by atoms with Crippen LogP contribution in [0, 0.1) is 15.9 Å². The average molecular weight is 276 g/mol. The minimum atomic E-state index is -0.559. The van der Waals surface area contributed by atoms with Crippen molar-refractivity contribution in [3.05, 3.63) is 58.0 Å². The number of nitrogens with zero attached hydrogens (tertiary/aromatic N) is 2. The van der Waals surface area contributed by atoms with Crippen molar-refractivity contribution in [2.75, 3.05) is 0 Å². The zero-order chi connectivity index (χ0) is 14.5. The fourth-order valence-corrected chi connectivity index (χ4v) is 1.72. The van der Waals surface area contributed by atoms with Gasteiger partial charge in [0, 0.05) is 12.1 Å². The van der Waals surface area contributed by atoms with Gasteiger partial charge in [0.2, 0.25) is 5.88 Å². The summed E-state index contributed by atoms with van der Waals surface area (Å²) in [5, 5.41) is 10.5. The standard InChI is InChI=1S/C14H13FN2O3/c1-2-3-10-4-6-13(12(15)8-10)20-14-7-5-11(9-16-14)17(18)19/h4-9H,2-3H2,1H3. The van der Waals surface area contributed by atoms with E-state index < -0.39 is 10.7 Å². The Bertz CT molecular complexity index is 614. The molecule has 1 heterocycles. The average Bonchev–Trinajstić information content (AvgIpc) is 2.43. The van der Waals surface area contributed by atoms with E-state index in [0.717, 1.165) is 24.6 Å². The molecule has 2 rings (SSSR count). The van der Waals surface area contributed by atoms with E-state index in [2.05, 4.69) is 4.98 Å². The highest BCUT2D eigenvalue weighted by Crippen LogP contribution is 2.25. The van der Waals surface area contributed by atoms with Crippen molar-refractivity contribution in [3.63, 3.8) is 0 Å². The third kappa shape index (κ3) is 3.28. The molecule has 0 unspecified atom stereocenters. The summed E-state index contributed by atoms with van der Waals surface area (Å²) in [5.74, 6) is -0.319. The Kier molecular flexibility index (Phi) is 4.24. The van der Waals surface area contributed by atoms with E-state index in [1.165, 1.54) is 24.3 Å². The first-order chi connectivity index (χ1) is 9.60. The Morgan fingerprint density at radius 3 is 2.70 bits per heavy atom. The minimum absolute atomic E-state index is 0.0474. The Labute approximate surface area is 115 Å². The fraction of sp³-hybridized carbons (Fsp3) is 0.214. The predicted molar refractivity (Wildman–Crippen MR) is 71.4 cm³/mol. The van der Waals surface area contributed by atoms with Gasteiger partial charge in [0.25, 0.3) is 5.69 Å². The fourth-order valence-electron chi connectivity index (χ4n) is 1.72. The summed E-state index contributed by atoms with van der Waals surface area (Å²) in [6.07, 6.45) is 2.80. The van der Waals surface area contributed by atoms with Crippen LogP contribution in [0.4, 0.5) is 10.1 Å². The van der Waals surface area contributed by atoms with Crippen LogP contribution in [0.25, 0.3) is 0 Å². The second-order valence-electron chi connectivity index (χ2n) is 4.23. The van der Waals surface area contributed by atoms with Gasteiger partial charge in [-0.3, -0.25) is 10.1 Å². The molecule has 0 amide bonds. The normalized spacial score (nSPS) is 10.3. The maximum absolute atomic E-state index is 13.8. The summed E-state index contributed by atoms with van der Waals surface area (Å²) < 4.78 is 19.1. The Balaban J connectivity index is 2.15. The molecule has 0 aliphatic heterocycles. The molecule has 2 aromatic rings. The smallest absolute Gasteiger partial charge is 0.287 e. The van der Waals surface area contributed by atoms with Gasteiger partial charge < -0.3 is 4.74 Å². The van der Waals surface area contributed by atoms with E-state index >= 15 is 0 Å². The van der Waals surface area contributed by atoms with Crippen molar-refractivity contribution in [2.24, 2.45) is 0 Å². The predicted octanol–water partition coefficient (Wildman–Crippen LogP) is 3.87. The Morgan fingerprint density at radius 2 is 2.15 bits per heavy atom. The highest BCUT2D eigenvalue weighted by Gasteiger charge is 2.09. The second-order valence-corrected chi connectivity index (χ2v) is 4.23. The molecule has 104 valence electrons. The molecule has 20 heavy (non-hydrogen) atoms. The molecule has 0 saturated heterocycles. The number of rotatable bonds is 5. The summed E-state index contributed by atoms with van der Waals surface area (Å²) in [6, 6.07) is 7.32. The Morgan fingerprint density at radius 1 is 1.35 bits per heavy atom. The van der Waals surface area contributed by atoms with Gasteiger partial charge in [-0.05, 0) is 24.1 Å². The van der Waals surface area contributed by atoms with E-state index in [0.29, 0.717) is 0 Å². The molecule has 0 aliphatic rings. The van der Waals surface area contributed by atoms with E-state index in [1.807, 2.05) is 6.92 Å². The lowest BCUT2D eigenvalue weighted by molar-refractivity contribution is -0.385. The molecule has 0 aliphatic carbocycles. The number of benzene rings is 1. The van der Waals surface area contributed by atoms with Crippen molar-refractivity contribution < 1.29 is 14.1 Å². The van der Waals surface area contributed by atoms with Gasteiger partial charge in [-0.15, -0.1) is 0 Å². The lowest BCUT2D eigenvalue weighted by Crippen LogP contribution is -1.94. The minimum Gasteiger partial charge on any atom is -0.436 e. The third-order valence-electron chi connectivity index (χ3n) is 2.68. The van der Waals surface area contributed by atoms with Crippen LogP contribution in [-0.4, -0.2) is 9.91 Å². The number of halogens is 1. The maximum atomic E-state index is 13.8. The van der Waals surface area contributed by atoms with Crippen LogP contribution >= 0.6 is 0 Å². The number of nitro groups is 1. The number of hydrogen-bond donors (Lipinski definition) is 0. The second kappa shape index (κ2) is 6.10. The quantitative estimate of drug-likeness (QED) is 0.614. The SMILES string of the molecule is CCCc1ccc(Oc2ccc([N+](=O)[O-])cn2)c(F)c1. The van der Waals surface area contributed by atoms with E-state index in [4.69, 9.17) is 4.74 Å². The van der Waals surface area contributed by atoms with E-state index in [1.54, 1.807) is 6.07 Å². The molecule has 6 heteroatoms. The number of hydrogen-bond acceptors (Lipinski definition) is 4. The highest BCUT2D eigenvalue weighted by atomic mass is 19.1. The molecule has 0 atom stereocenters. The molecule has 1 aromatic heterocycles. The van der Waals surface area contributed by atoms with Crippen LogP contribution in [0.15, 0.2) is 36.5 Å². The molecule has 0 saturated carbocycles. The van der Waals surface area contributed by atoms with E-state index in [9.17, 15) is 14.5 Å². The lowest BCUT2D eigenvalue weighted by Gasteiger charge is -2.07. The van der Waals surface area contributed by atoms with E-state index in [-0.39, 0.29) is 17.3 Å². The van der Waals surface area contributed by atoms with Crippen molar-refractivity contribution >= 4 is 5.69 Å². The first-order valence-corrected chi connectivity index (χ1v) is 6.17. The van der Waals surface area contributed by atoms with Crippen LogP contribution in [-0.2, 0) is 6.42 Å². The van der Waals surface area contributed by atoms with Crippen LogP contribution < -0.4 is 4.74 Å². The van der Waals surface area contributed by atoms with Gasteiger partial charge in [0.1, 0.15) is 6.20 Å². The van der Waals surface area contributed by atoms with Crippen molar-refractivity contribution in [3.8, 4) is 11.6 Å². The zero-order valence-corrected chi connectivity index (χ0v) is 10.9. The van der Waals surface area contributed by atoms with Crippen molar-refractivity contribution in [1.82, 2.24) is 4.98 Å². The summed E-state index contributed by atoms with van der Waals surface area (Å²) in [7, 11) is 0. The zero-order valence-electron chi connectivity index (χ0n) is 10.9. The summed E-state index contributed by atoms with van der Waals surface area (Å²) in [4.78, 5) is 13.7. The molecule has 0 fully saturated rings. The molecule has 0 bridgehead atoms. The van der Waals surface area contributed by atoms with Crippen LogP contribution in [0.5, 0.6) is 11.6 Å². The first kappa shape index (κ1) is 13.9. The molecule has 5 nitrogen and oxygen atoms in total. The topological polar surface area (TPSA) is 65.3 Å². The van der Waals surface area contributed by atoms with Crippen LogP contribution in [0.1, 0.15) is 18.9 Å². The maximum Gasteiger partial charge on any atom is 0.287 e. The molecule has 0 N–H and O–H groups in total. The van der Waals surface area contributed by atoms with Crippen molar-refractivity contribution in [2.45, 2.75) is 19.8 Å². The molecule has 1 aromatic carbocycles. The number of ether oxygens (including phenoxy) is 1. The van der Waals surface area contributed by atoms with Crippen LogP contribution in [0.2, 0.25) is 0 Å². The number of aryl methyl sites for hydroxylation is 1. The van der Waals surface area contributed by atoms with Gasteiger partial charge in [-0.25, -0.2) is 9.37 Å². The molecule has 0 spiro atoms. The van der Waals surface area contributed by atoms with Gasteiger partial charge in [-0.2, -0.15) is 0 Å². The number of aromatic nitrogens is 1. The van der Waals surface area contributed by atoms with Gasteiger partial charge in [-0.1, -0.05) is 19.4 Å². The van der Waals surface area contributed by atoms with Crippen LogP contribution in [0.3, 0.4) is 0 Å². The summed E-state index contributed by atoms with van der Waals surface area (Å²) in [5.41, 5.74) is 0.755. The number of pyridine rings is 1. The highest BCUT2D eigenvalue weighted by molar-refractivity contribution is 5.34. The monoisotopic (exact) mass is 276 g/mol. The third-order valence-corrected chi connectivity index (χ3v) is 2.68. The van der Waals surface area contributed by atoms with Crippen molar-refractivity contribution in [1.29, 1.82) is 0 Å². The molecular weight excluding hydrogens is 263 g/mol. The molecular formula is C14H13FN2O3. The van der Waals surface area contributed by atoms with Gasteiger partial charge >= 0.3 is 0 Å². The Hall–Kier alpha value is -2.50. The van der Waals surface area contributed by atoms with Gasteiger partial charge in [0.15, 0.2) is 11.6 Å². The van der Waals surface area contributed by atoms with Gasteiger partial charge in [0.05, 0.1) is 4.92 Å². The largest absolute Gasteiger partial charge is 0.436 e. The lowest BCUT2D eigenvalue weighted by atomic mass is 10.1. The summed E-state index contributed by atoms with van der Waals surface area (Å²) >= 11 is 0.